The Morgan fingerprint density at radius 2 is 1.79 bits per heavy atom. The molecule has 3 aromatic rings. The number of ether oxygens (including phenoxy) is 2. The van der Waals surface area contributed by atoms with Gasteiger partial charge in [-0.05, 0) is 48.9 Å². The molecule has 0 radical (unpaired) electrons. The molecule has 8 heteroatoms. The molecule has 0 unspecified atom stereocenters. The fourth-order valence-corrected chi connectivity index (χ4v) is 3.64. The number of halogens is 2. The van der Waals surface area contributed by atoms with Crippen LogP contribution in [0.25, 0.3) is 11.1 Å². The molecule has 1 amide bonds. The minimum Gasteiger partial charge on any atom is -0.484 e. The molecule has 0 bridgehead atoms. The van der Waals surface area contributed by atoms with Gasteiger partial charge in [0.05, 0.1) is 6.61 Å². The van der Waals surface area contributed by atoms with Crippen molar-refractivity contribution in [3.8, 4) is 16.9 Å². The molecule has 1 aromatic heterocycles. The van der Waals surface area contributed by atoms with Crippen molar-refractivity contribution in [1.82, 2.24) is 0 Å². The van der Waals surface area contributed by atoms with Gasteiger partial charge in [-0.3, -0.25) is 4.79 Å². The van der Waals surface area contributed by atoms with E-state index in [0.29, 0.717) is 26.9 Å². The molecule has 1 heterocycles. The number of carbonyl (C=O) groups excluding carboxylic acids is 2. The molecule has 0 aliphatic rings. The average molecular weight is 434 g/mol. The van der Waals surface area contributed by atoms with Gasteiger partial charge in [0, 0.05) is 16.0 Å². The number of nitrogens with one attached hydrogen (secondary N) is 1. The van der Waals surface area contributed by atoms with Crippen molar-refractivity contribution in [3.63, 3.8) is 0 Å². The van der Waals surface area contributed by atoms with Gasteiger partial charge in [0.2, 0.25) is 0 Å². The van der Waals surface area contributed by atoms with Gasteiger partial charge in [-0.2, -0.15) is 0 Å². The van der Waals surface area contributed by atoms with Crippen molar-refractivity contribution >= 4 is 39.8 Å². The quantitative estimate of drug-likeness (QED) is 0.506. The zero-order valence-corrected chi connectivity index (χ0v) is 17.0. The van der Waals surface area contributed by atoms with Gasteiger partial charge in [0.25, 0.3) is 5.91 Å². The maximum atomic E-state index is 13.2. The Hall–Kier alpha value is -2.90. The summed E-state index contributed by atoms with van der Waals surface area (Å²) < 4.78 is 23.8. The van der Waals surface area contributed by atoms with Crippen LogP contribution in [0.2, 0.25) is 5.02 Å². The van der Waals surface area contributed by atoms with Crippen LogP contribution in [0.15, 0.2) is 53.9 Å². The number of thiophene rings is 1. The smallest absolute Gasteiger partial charge is 0.341 e. The Bertz CT molecular complexity index is 1000. The van der Waals surface area contributed by atoms with E-state index in [-0.39, 0.29) is 24.6 Å². The number of rotatable bonds is 7. The summed E-state index contributed by atoms with van der Waals surface area (Å²) in [6, 6.07) is 12.4. The van der Waals surface area contributed by atoms with Crippen LogP contribution in [0.4, 0.5) is 9.39 Å². The number of benzene rings is 2. The van der Waals surface area contributed by atoms with Crippen molar-refractivity contribution in [3.05, 3.63) is 70.3 Å². The van der Waals surface area contributed by atoms with E-state index < -0.39 is 11.9 Å². The number of amides is 1. The monoisotopic (exact) mass is 433 g/mol. The van der Waals surface area contributed by atoms with Gasteiger partial charge in [-0.25, -0.2) is 9.18 Å². The third kappa shape index (κ3) is 5.34. The first kappa shape index (κ1) is 20.8. The highest BCUT2D eigenvalue weighted by molar-refractivity contribution is 7.15. The van der Waals surface area contributed by atoms with Crippen molar-refractivity contribution in [2.45, 2.75) is 6.92 Å². The molecular formula is C21H17ClFNO4S. The molecular weight excluding hydrogens is 417 g/mol. The Labute approximate surface area is 176 Å². The van der Waals surface area contributed by atoms with Crippen LogP contribution in [0, 0.1) is 5.82 Å². The van der Waals surface area contributed by atoms with Crippen LogP contribution in [-0.4, -0.2) is 25.1 Å². The highest BCUT2D eigenvalue weighted by Crippen LogP contribution is 2.36. The second-order valence-electron chi connectivity index (χ2n) is 5.87. The first-order chi connectivity index (χ1) is 14.0. The summed E-state index contributed by atoms with van der Waals surface area (Å²) in [5.74, 6) is -0.886. The van der Waals surface area contributed by atoms with Gasteiger partial charge in [0.15, 0.2) is 6.61 Å². The van der Waals surface area contributed by atoms with Gasteiger partial charge < -0.3 is 14.8 Å². The van der Waals surface area contributed by atoms with Crippen molar-refractivity contribution in [1.29, 1.82) is 0 Å². The minimum atomic E-state index is -0.568. The molecule has 0 fully saturated rings. The highest BCUT2D eigenvalue weighted by atomic mass is 35.5. The summed E-state index contributed by atoms with van der Waals surface area (Å²) in [6.45, 7) is 1.64. The van der Waals surface area contributed by atoms with Crippen LogP contribution in [0.1, 0.15) is 17.3 Å². The Morgan fingerprint density at radius 3 is 2.45 bits per heavy atom. The first-order valence-electron chi connectivity index (χ1n) is 8.70. The highest BCUT2D eigenvalue weighted by Gasteiger charge is 2.23. The Kier molecular flexibility index (Phi) is 6.85. The fourth-order valence-electron chi connectivity index (χ4n) is 2.54. The summed E-state index contributed by atoms with van der Waals surface area (Å²) in [7, 11) is 0. The van der Waals surface area contributed by atoms with Gasteiger partial charge in [-0.15, -0.1) is 11.3 Å². The topological polar surface area (TPSA) is 64.6 Å². The normalized spacial score (nSPS) is 10.4. The summed E-state index contributed by atoms with van der Waals surface area (Å²) >= 11 is 7.00. The van der Waals surface area contributed by atoms with Crippen molar-refractivity contribution < 1.29 is 23.5 Å². The van der Waals surface area contributed by atoms with Crippen LogP contribution >= 0.6 is 22.9 Å². The number of hydrogen-bond donors (Lipinski definition) is 1. The maximum Gasteiger partial charge on any atom is 0.341 e. The number of esters is 1. The van der Waals surface area contributed by atoms with E-state index in [4.69, 9.17) is 21.1 Å². The predicted molar refractivity (Wildman–Crippen MR) is 111 cm³/mol. The third-order valence-corrected chi connectivity index (χ3v) is 5.01. The lowest BCUT2D eigenvalue weighted by atomic mass is 10.0. The molecule has 3 rings (SSSR count). The van der Waals surface area contributed by atoms with E-state index >= 15 is 0 Å². The molecule has 2 aromatic carbocycles. The fraction of sp³-hybridized carbons (Fsp3) is 0.143. The maximum absolute atomic E-state index is 13.2. The molecule has 5 nitrogen and oxygen atoms in total. The third-order valence-electron chi connectivity index (χ3n) is 3.86. The van der Waals surface area contributed by atoms with Crippen LogP contribution < -0.4 is 10.1 Å². The Morgan fingerprint density at radius 1 is 1.10 bits per heavy atom. The Balaban J connectivity index is 1.78. The second kappa shape index (κ2) is 9.54. The lowest BCUT2D eigenvalue weighted by molar-refractivity contribution is -0.118. The average Bonchev–Trinajstić information content (AvgIpc) is 3.12. The summed E-state index contributed by atoms with van der Waals surface area (Å²) in [6.07, 6.45) is 0. The van der Waals surface area contributed by atoms with Gasteiger partial charge in [0.1, 0.15) is 22.1 Å². The van der Waals surface area contributed by atoms with E-state index in [1.54, 1.807) is 48.7 Å². The molecule has 150 valence electrons. The van der Waals surface area contributed by atoms with E-state index in [2.05, 4.69) is 5.32 Å². The number of anilines is 1. The van der Waals surface area contributed by atoms with E-state index in [0.717, 1.165) is 0 Å². The standard InChI is InChI=1S/C21H17ClFNO4S/c1-2-27-21(26)19-17(13-3-7-15(23)8-4-13)12-29-20(19)24-18(25)11-28-16-9-5-14(22)6-10-16/h3-10,12H,2,11H2,1H3,(H,24,25). The summed E-state index contributed by atoms with van der Waals surface area (Å²) in [4.78, 5) is 24.8. The van der Waals surface area contributed by atoms with E-state index in [1.165, 1.54) is 23.5 Å². The van der Waals surface area contributed by atoms with E-state index in [1.807, 2.05) is 0 Å². The lowest BCUT2D eigenvalue weighted by Gasteiger charge is -2.10. The van der Waals surface area contributed by atoms with Crippen molar-refractivity contribution in [2.75, 3.05) is 18.5 Å². The van der Waals surface area contributed by atoms with Crippen LogP contribution in [0.3, 0.4) is 0 Å². The summed E-state index contributed by atoms with van der Waals surface area (Å²) in [5, 5.41) is 5.31. The predicted octanol–water partition coefficient (Wildman–Crippen LogP) is 5.40. The minimum absolute atomic E-state index is 0.185. The zero-order chi connectivity index (χ0) is 20.8. The molecule has 0 saturated carbocycles. The van der Waals surface area contributed by atoms with Gasteiger partial charge in [-0.1, -0.05) is 23.7 Å². The molecule has 1 N–H and O–H groups in total. The SMILES string of the molecule is CCOC(=O)c1c(-c2ccc(F)cc2)csc1NC(=O)COc1ccc(Cl)cc1. The molecule has 0 aliphatic carbocycles. The number of hydrogen-bond acceptors (Lipinski definition) is 5. The molecule has 0 spiro atoms. The second-order valence-corrected chi connectivity index (χ2v) is 7.19. The lowest BCUT2D eigenvalue weighted by Crippen LogP contribution is -2.21. The molecule has 29 heavy (non-hydrogen) atoms. The zero-order valence-electron chi connectivity index (χ0n) is 15.4. The molecule has 0 atom stereocenters. The molecule has 0 saturated heterocycles. The number of carbonyl (C=O) groups is 2. The first-order valence-corrected chi connectivity index (χ1v) is 9.96. The van der Waals surface area contributed by atoms with Crippen LogP contribution in [-0.2, 0) is 9.53 Å². The summed E-state index contributed by atoms with van der Waals surface area (Å²) in [5.41, 5.74) is 1.43. The molecule has 0 aliphatic heterocycles. The van der Waals surface area contributed by atoms with Crippen LogP contribution in [0.5, 0.6) is 5.75 Å². The largest absolute Gasteiger partial charge is 0.484 e. The van der Waals surface area contributed by atoms with Gasteiger partial charge >= 0.3 is 5.97 Å². The van der Waals surface area contributed by atoms with E-state index in [9.17, 15) is 14.0 Å². The van der Waals surface area contributed by atoms with Crippen molar-refractivity contribution in [2.24, 2.45) is 0 Å².